The number of nitrogens with one attached hydrogen (secondary N) is 1. The van der Waals surface area contributed by atoms with Crippen molar-refractivity contribution in [1.29, 1.82) is 0 Å². The third-order valence-corrected chi connectivity index (χ3v) is 3.34. The molecule has 6 heteroatoms. The smallest absolute Gasteiger partial charge is 0.337 e. The van der Waals surface area contributed by atoms with Crippen molar-refractivity contribution in [3.63, 3.8) is 0 Å². The van der Waals surface area contributed by atoms with E-state index in [2.05, 4.69) is 10.3 Å². The first-order valence-electron chi connectivity index (χ1n) is 6.37. The van der Waals surface area contributed by atoms with Gasteiger partial charge in [0.2, 0.25) is 0 Å². The van der Waals surface area contributed by atoms with Gasteiger partial charge < -0.3 is 10.1 Å². The molecule has 1 atom stereocenters. The Balaban J connectivity index is 2.53. The van der Waals surface area contributed by atoms with Crippen LogP contribution in [0, 0.1) is 0 Å². The standard InChI is InChI=1S/C14H17N3O3/c1-4-17-9(2)11(13(18)20-3)12(16-14(17)19)10-6-5-7-15-8-10/h5-8,12H,4H2,1-3H3,(H,16,19)/t12-/m0/s1. The van der Waals surface area contributed by atoms with E-state index in [1.807, 2.05) is 13.0 Å². The predicted octanol–water partition coefficient (Wildman–Crippen LogP) is 1.61. The number of ether oxygens (including phenoxy) is 1. The first kappa shape index (κ1) is 14.0. The monoisotopic (exact) mass is 275 g/mol. The molecule has 1 aliphatic heterocycles. The fourth-order valence-electron chi connectivity index (χ4n) is 2.33. The summed E-state index contributed by atoms with van der Waals surface area (Å²) < 4.78 is 4.84. The van der Waals surface area contributed by atoms with Gasteiger partial charge in [0.15, 0.2) is 0 Å². The van der Waals surface area contributed by atoms with Crippen molar-refractivity contribution in [2.24, 2.45) is 0 Å². The number of allylic oxidation sites excluding steroid dienone is 1. The van der Waals surface area contributed by atoms with E-state index in [-0.39, 0.29) is 6.03 Å². The average Bonchev–Trinajstić information content (AvgIpc) is 2.47. The van der Waals surface area contributed by atoms with Crippen LogP contribution in [-0.4, -0.2) is 35.5 Å². The Morgan fingerprint density at radius 2 is 2.30 bits per heavy atom. The predicted molar refractivity (Wildman–Crippen MR) is 72.6 cm³/mol. The molecule has 1 N–H and O–H groups in total. The Bertz CT molecular complexity index is 554. The second-order valence-electron chi connectivity index (χ2n) is 4.40. The lowest BCUT2D eigenvalue weighted by Crippen LogP contribution is -2.47. The summed E-state index contributed by atoms with van der Waals surface area (Å²) >= 11 is 0. The molecular weight excluding hydrogens is 258 g/mol. The Kier molecular flexibility index (Phi) is 4.02. The number of hydrogen-bond acceptors (Lipinski definition) is 4. The summed E-state index contributed by atoms with van der Waals surface area (Å²) in [7, 11) is 1.33. The molecule has 0 spiro atoms. The van der Waals surface area contributed by atoms with Crippen LogP contribution in [0.4, 0.5) is 4.79 Å². The van der Waals surface area contributed by atoms with Crippen LogP contribution in [0.2, 0.25) is 0 Å². The summed E-state index contributed by atoms with van der Waals surface area (Å²) in [6, 6.07) is 2.81. The number of nitrogens with zero attached hydrogens (tertiary/aromatic N) is 2. The van der Waals surface area contributed by atoms with Crippen molar-refractivity contribution >= 4 is 12.0 Å². The number of amides is 2. The number of esters is 1. The fraction of sp³-hybridized carbons (Fsp3) is 0.357. The summed E-state index contributed by atoms with van der Waals surface area (Å²) in [6.45, 7) is 4.08. The number of carbonyl (C=O) groups is 2. The van der Waals surface area contributed by atoms with Gasteiger partial charge in [-0.2, -0.15) is 0 Å². The molecule has 0 fully saturated rings. The lowest BCUT2D eigenvalue weighted by Gasteiger charge is -2.34. The maximum atomic E-state index is 12.1. The molecule has 0 saturated heterocycles. The highest BCUT2D eigenvalue weighted by Gasteiger charge is 2.35. The highest BCUT2D eigenvalue weighted by atomic mass is 16.5. The highest BCUT2D eigenvalue weighted by Crippen LogP contribution is 2.30. The second-order valence-corrected chi connectivity index (χ2v) is 4.40. The van der Waals surface area contributed by atoms with E-state index in [4.69, 9.17) is 4.74 Å². The van der Waals surface area contributed by atoms with Gasteiger partial charge in [-0.1, -0.05) is 6.07 Å². The van der Waals surface area contributed by atoms with E-state index in [1.54, 1.807) is 25.4 Å². The number of urea groups is 1. The van der Waals surface area contributed by atoms with E-state index in [0.717, 1.165) is 5.56 Å². The number of aromatic nitrogens is 1. The number of rotatable bonds is 3. The summed E-state index contributed by atoms with van der Waals surface area (Å²) in [5.41, 5.74) is 1.79. The molecule has 0 saturated carbocycles. The number of methoxy groups -OCH3 is 1. The van der Waals surface area contributed by atoms with Crippen molar-refractivity contribution in [2.45, 2.75) is 19.9 Å². The molecular formula is C14H17N3O3. The first-order valence-corrected chi connectivity index (χ1v) is 6.37. The van der Waals surface area contributed by atoms with E-state index in [0.29, 0.717) is 17.8 Å². The van der Waals surface area contributed by atoms with Crippen LogP contribution in [-0.2, 0) is 9.53 Å². The topological polar surface area (TPSA) is 71.5 Å². The van der Waals surface area contributed by atoms with Crippen LogP contribution < -0.4 is 5.32 Å². The van der Waals surface area contributed by atoms with Gasteiger partial charge in [0, 0.05) is 24.6 Å². The van der Waals surface area contributed by atoms with Crippen LogP contribution >= 0.6 is 0 Å². The Morgan fingerprint density at radius 1 is 1.55 bits per heavy atom. The lowest BCUT2D eigenvalue weighted by molar-refractivity contribution is -0.136. The zero-order valence-electron chi connectivity index (χ0n) is 11.7. The van der Waals surface area contributed by atoms with E-state index < -0.39 is 12.0 Å². The molecule has 6 nitrogen and oxygen atoms in total. The van der Waals surface area contributed by atoms with Gasteiger partial charge in [0.25, 0.3) is 0 Å². The Morgan fingerprint density at radius 3 is 2.85 bits per heavy atom. The summed E-state index contributed by atoms with van der Waals surface area (Å²) in [5.74, 6) is -0.449. The van der Waals surface area contributed by atoms with Gasteiger partial charge in [-0.25, -0.2) is 9.59 Å². The van der Waals surface area contributed by atoms with E-state index >= 15 is 0 Å². The second kappa shape index (κ2) is 5.73. The molecule has 20 heavy (non-hydrogen) atoms. The third-order valence-electron chi connectivity index (χ3n) is 3.34. The number of hydrogen-bond donors (Lipinski definition) is 1. The maximum Gasteiger partial charge on any atom is 0.337 e. The normalized spacial score (nSPS) is 18.9. The molecule has 1 aliphatic rings. The van der Waals surface area contributed by atoms with Crippen LogP contribution in [0.3, 0.4) is 0 Å². The third kappa shape index (κ3) is 2.36. The molecule has 0 unspecified atom stereocenters. The molecule has 2 heterocycles. The minimum Gasteiger partial charge on any atom is -0.466 e. The summed E-state index contributed by atoms with van der Waals surface area (Å²) in [4.78, 5) is 29.7. The SMILES string of the molecule is CCN1C(=O)N[C@@H](c2cccnc2)C(C(=O)OC)=C1C. The zero-order valence-corrected chi connectivity index (χ0v) is 11.7. The summed E-state index contributed by atoms with van der Waals surface area (Å²) in [6.07, 6.45) is 3.27. The minimum atomic E-state index is -0.536. The van der Waals surface area contributed by atoms with Crippen molar-refractivity contribution in [2.75, 3.05) is 13.7 Å². The molecule has 1 aromatic heterocycles. The van der Waals surface area contributed by atoms with Crippen LogP contribution in [0.15, 0.2) is 35.8 Å². The van der Waals surface area contributed by atoms with Crippen molar-refractivity contribution < 1.29 is 14.3 Å². The molecule has 2 amide bonds. The van der Waals surface area contributed by atoms with Gasteiger partial charge in [-0.3, -0.25) is 9.88 Å². The Hall–Kier alpha value is -2.37. The average molecular weight is 275 g/mol. The minimum absolute atomic E-state index is 0.230. The van der Waals surface area contributed by atoms with Crippen LogP contribution in [0.5, 0.6) is 0 Å². The zero-order chi connectivity index (χ0) is 14.7. The van der Waals surface area contributed by atoms with Crippen LogP contribution in [0.1, 0.15) is 25.5 Å². The van der Waals surface area contributed by atoms with Gasteiger partial charge in [0.1, 0.15) is 0 Å². The quantitative estimate of drug-likeness (QED) is 0.851. The number of pyridine rings is 1. The van der Waals surface area contributed by atoms with Crippen molar-refractivity contribution in [3.05, 3.63) is 41.4 Å². The van der Waals surface area contributed by atoms with Gasteiger partial charge in [-0.15, -0.1) is 0 Å². The molecule has 0 bridgehead atoms. The van der Waals surface area contributed by atoms with Gasteiger partial charge >= 0.3 is 12.0 Å². The number of carbonyl (C=O) groups excluding carboxylic acids is 2. The molecule has 2 rings (SSSR count). The maximum absolute atomic E-state index is 12.1. The van der Waals surface area contributed by atoms with E-state index in [1.165, 1.54) is 12.0 Å². The lowest BCUT2D eigenvalue weighted by atomic mass is 9.96. The molecule has 0 aliphatic carbocycles. The molecule has 0 aromatic carbocycles. The van der Waals surface area contributed by atoms with Crippen molar-refractivity contribution in [1.82, 2.24) is 15.2 Å². The fourth-order valence-corrected chi connectivity index (χ4v) is 2.33. The van der Waals surface area contributed by atoms with Gasteiger partial charge in [-0.05, 0) is 25.5 Å². The van der Waals surface area contributed by atoms with Gasteiger partial charge in [0.05, 0.1) is 18.7 Å². The first-order chi connectivity index (χ1) is 9.60. The Labute approximate surface area is 117 Å². The molecule has 1 aromatic rings. The highest BCUT2D eigenvalue weighted by molar-refractivity contribution is 5.94. The molecule has 0 radical (unpaired) electrons. The van der Waals surface area contributed by atoms with Crippen LogP contribution in [0.25, 0.3) is 0 Å². The molecule has 106 valence electrons. The largest absolute Gasteiger partial charge is 0.466 e. The summed E-state index contributed by atoms with van der Waals surface area (Å²) in [5, 5.41) is 2.82. The van der Waals surface area contributed by atoms with Crippen molar-refractivity contribution in [3.8, 4) is 0 Å². The van der Waals surface area contributed by atoms with E-state index in [9.17, 15) is 9.59 Å².